The fraction of sp³-hybridized carbons (Fsp3) is 0.688. The Bertz CT molecular complexity index is 790. The van der Waals surface area contributed by atoms with Gasteiger partial charge in [0.2, 0.25) is 10.0 Å². The zero-order valence-corrected chi connectivity index (χ0v) is 15.9. The third kappa shape index (κ3) is 3.48. The molecule has 2 unspecified atom stereocenters. The fourth-order valence-corrected chi connectivity index (χ4v) is 5.19. The molecule has 0 radical (unpaired) electrons. The minimum atomic E-state index is -3.56. The number of hydrogen-bond acceptors (Lipinski definition) is 6. The minimum Gasteiger partial charge on any atom is -0.347 e. The lowest BCUT2D eigenvalue weighted by atomic mass is 10.1. The number of aromatic nitrogens is 2. The molecule has 0 spiro atoms. The SMILES string of the molecule is CCCN1C(=O)C2CC(NC(=O)c3ccnn3CC)CN2CCS1(=O)=O. The van der Waals surface area contributed by atoms with E-state index in [2.05, 4.69) is 10.4 Å². The highest BCUT2D eigenvalue weighted by Gasteiger charge is 2.45. The molecule has 10 heteroatoms. The number of carbonyl (C=O) groups is 2. The second-order valence-electron chi connectivity index (χ2n) is 6.68. The van der Waals surface area contributed by atoms with Crippen molar-refractivity contribution in [1.82, 2.24) is 24.3 Å². The summed E-state index contributed by atoms with van der Waals surface area (Å²) < 4.78 is 27.3. The number of sulfonamides is 1. The molecule has 3 rings (SSSR count). The second kappa shape index (κ2) is 7.36. The highest BCUT2D eigenvalue weighted by molar-refractivity contribution is 7.89. The van der Waals surface area contributed by atoms with E-state index in [1.165, 1.54) is 0 Å². The molecular formula is C16H25N5O4S. The van der Waals surface area contributed by atoms with Crippen LogP contribution < -0.4 is 5.32 Å². The molecular weight excluding hydrogens is 358 g/mol. The molecule has 3 heterocycles. The average molecular weight is 383 g/mol. The summed E-state index contributed by atoms with van der Waals surface area (Å²) in [5.74, 6) is -0.671. The van der Waals surface area contributed by atoms with Gasteiger partial charge in [-0.05, 0) is 25.8 Å². The van der Waals surface area contributed by atoms with E-state index in [4.69, 9.17) is 0 Å². The van der Waals surface area contributed by atoms with Gasteiger partial charge in [-0.15, -0.1) is 0 Å². The van der Waals surface area contributed by atoms with Gasteiger partial charge in [-0.3, -0.25) is 19.2 Å². The molecule has 1 aromatic heterocycles. The Balaban J connectivity index is 1.71. The van der Waals surface area contributed by atoms with Crippen molar-refractivity contribution in [1.29, 1.82) is 0 Å². The predicted octanol–water partition coefficient (Wildman–Crippen LogP) is -0.342. The Labute approximate surface area is 153 Å². The topological polar surface area (TPSA) is 105 Å². The summed E-state index contributed by atoms with van der Waals surface area (Å²) in [5.41, 5.74) is 0.483. The number of carbonyl (C=O) groups excluding carboxylic acids is 2. The number of amides is 2. The van der Waals surface area contributed by atoms with Crippen LogP contribution in [0.3, 0.4) is 0 Å². The first kappa shape index (κ1) is 18.8. The van der Waals surface area contributed by atoms with E-state index >= 15 is 0 Å². The molecule has 2 saturated heterocycles. The van der Waals surface area contributed by atoms with Crippen LogP contribution in [0.25, 0.3) is 0 Å². The van der Waals surface area contributed by atoms with Gasteiger partial charge >= 0.3 is 0 Å². The molecule has 0 saturated carbocycles. The smallest absolute Gasteiger partial charge is 0.269 e. The van der Waals surface area contributed by atoms with E-state index in [-0.39, 0.29) is 30.2 Å². The van der Waals surface area contributed by atoms with Crippen LogP contribution in [0.4, 0.5) is 0 Å². The Hall–Kier alpha value is -1.94. The summed E-state index contributed by atoms with van der Waals surface area (Å²) in [7, 11) is -3.56. The minimum absolute atomic E-state index is 0.0709. The van der Waals surface area contributed by atoms with Crippen molar-refractivity contribution in [3.8, 4) is 0 Å². The zero-order valence-electron chi connectivity index (χ0n) is 15.1. The molecule has 0 aromatic carbocycles. The van der Waals surface area contributed by atoms with Gasteiger partial charge in [-0.25, -0.2) is 12.7 Å². The fourth-order valence-electron chi connectivity index (χ4n) is 3.65. The molecule has 2 aliphatic rings. The van der Waals surface area contributed by atoms with Gasteiger partial charge in [0.15, 0.2) is 0 Å². The summed E-state index contributed by atoms with van der Waals surface area (Å²) in [4.78, 5) is 27.1. The third-order valence-corrected chi connectivity index (χ3v) is 6.65. The van der Waals surface area contributed by atoms with Crippen molar-refractivity contribution >= 4 is 21.8 Å². The molecule has 2 aliphatic heterocycles. The lowest BCUT2D eigenvalue weighted by Gasteiger charge is -2.23. The molecule has 2 atom stereocenters. The van der Waals surface area contributed by atoms with E-state index in [0.717, 1.165) is 4.31 Å². The first-order valence-corrected chi connectivity index (χ1v) is 10.6. The maximum atomic E-state index is 12.8. The van der Waals surface area contributed by atoms with Gasteiger partial charge in [0, 0.05) is 38.4 Å². The average Bonchev–Trinajstić information content (AvgIpc) is 3.21. The normalized spacial score (nSPS) is 25.8. The Morgan fingerprint density at radius 3 is 2.85 bits per heavy atom. The van der Waals surface area contributed by atoms with Crippen molar-refractivity contribution in [2.45, 2.75) is 45.3 Å². The van der Waals surface area contributed by atoms with Crippen molar-refractivity contribution < 1.29 is 18.0 Å². The lowest BCUT2D eigenvalue weighted by Crippen LogP contribution is -2.44. The van der Waals surface area contributed by atoms with Crippen LogP contribution in [0.15, 0.2) is 12.3 Å². The number of nitrogens with zero attached hydrogens (tertiary/aromatic N) is 4. The molecule has 1 aromatic rings. The molecule has 26 heavy (non-hydrogen) atoms. The Kier molecular flexibility index (Phi) is 5.33. The molecule has 1 N–H and O–H groups in total. The largest absolute Gasteiger partial charge is 0.347 e. The summed E-state index contributed by atoms with van der Waals surface area (Å²) in [5, 5.41) is 7.05. The zero-order chi connectivity index (χ0) is 18.9. The number of rotatable bonds is 5. The van der Waals surface area contributed by atoms with Crippen LogP contribution in [0.5, 0.6) is 0 Å². The van der Waals surface area contributed by atoms with Gasteiger partial charge in [-0.1, -0.05) is 6.92 Å². The first-order chi connectivity index (χ1) is 12.4. The second-order valence-corrected chi connectivity index (χ2v) is 8.69. The van der Waals surface area contributed by atoms with Crippen LogP contribution in [0, 0.1) is 0 Å². The molecule has 144 valence electrons. The first-order valence-electron chi connectivity index (χ1n) is 8.98. The van der Waals surface area contributed by atoms with Crippen molar-refractivity contribution in [2.75, 3.05) is 25.4 Å². The Morgan fingerprint density at radius 1 is 1.38 bits per heavy atom. The summed E-state index contributed by atoms with van der Waals surface area (Å²) in [6.07, 6.45) is 2.58. The van der Waals surface area contributed by atoms with Crippen molar-refractivity contribution in [3.05, 3.63) is 18.0 Å². The van der Waals surface area contributed by atoms with E-state index < -0.39 is 16.1 Å². The van der Waals surface area contributed by atoms with Crippen LogP contribution >= 0.6 is 0 Å². The van der Waals surface area contributed by atoms with Gasteiger partial charge in [0.05, 0.1) is 11.8 Å². The van der Waals surface area contributed by atoms with E-state index in [1.807, 2.05) is 18.7 Å². The van der Waals surface area contributed by atoms with Crippen LogP contribution in [-0.4, -0.2) is 76.7 Å². The van der Waals surface area contributed by atoms with Crippen LogP contribution in [0.2, 0.25) is 0 Å². The molecule has 2 amide bonds. The van der Waals surface area contributed by atoms with Gasteiger partial charge < -0.3 is 5.32 Å². The molecule has 0 bridgehead atoms. The number of hydrogen-bond donors (Lipinski definition) is 1. The van der Waals surface area contributed by atoms with Crippen LogP contribution in [-0.2, 0) is 21.4 Å². The van der Waals surface area contributed by atoms with Crippen molar-refractivity contribution in [2.24, 2.45) is 0 Å². The molecule has 9 nitrogen and oxygen atoms in total. The quantitative estimate of drug-likeness (QED) is 0.746. The maximum Gasteiger partial charge on any atom is 0.269 e. The number of aryl methyl sites for hydroxylation is 1. The summed E-state index contributed by atoms with van der Waals surface area (Å²) in [6.45, 7) is 5.33. The maximum absolute atomic E-state index is 12.8. The van der Waals surface area contributed by atoms with E-state index in [9.17, 15) is 18.0 Å². The molecule has 2 fully saturated rings. The third-order valence-electron chi connectivity index (χ3n) is 4.92. The molecule has 0 aliphatic carbocycles. The van der Waals surface area contributed by atoms with Crippen LogP contribution in [0.1, 0.15) is 37.2 Å². The number of fused-ring (bicyclic) bond motifs is 1. The predicted molar refractivity (Wildman–Crippen MR) is 94.9 cm³/mol. The summed E-state index contributed by atoms with van der Waals surface area (Å²) in [6, 6.07) is 0.966. The highest BCUT2D eigenvalue weighted by Crippen LogP contribution is 2.25. The van der Waals surface area contributed by atoms with E-state index in [1.54, 1.807) is 16.9 Å². The van der Waals surface area contributed by atoms with E-state index in [0.29, 0.717) is 38.2 Å². The van der Waals surface area contributed by atoms with Crippen molar-refractivity contribution in [3.63, 3.8) is 0 Å². The van der Waals surface area contributed by atoms with Gasteiger partial charge in [0.1, 0.15) is 5.69 Å². The van der Waals surface area contributed by atoms with Gasteiger partial charge in [0.25, 0.3) is 11.8 Å². The monoisotopic (exact) mass is 383 g/mol. The van der Waals surface area contributed by atoms with Gasteiger partial charge in [-0.2, -0.15) is 5.10 Å². The summed E-state index contributed by atoms with van der Waals surface area (Å²) >= 11 is 0. The number of nitrogens with one attached hydrogen (secondary N) is 1. The standard InChI is InChI=1S/C16H25N5O4S/c1-3-7-21-16(23)14-10-12(11-19(14)8-9-26(21,24)25)18-15(22)13-5-6-17-20(13)4-2/h5-6,12,14H,3-4,7-11H2,1-2H3,(H,18,22). The lowest BCUT2D eigenvalue weighted by molar-refractivity contribution is -0.130. The highest BCUT2D eigenvalue weighted by atomic mass is 32.2. The Morgan fingerprint density at radius 2 is 2.15 bits per heavy atom.